The van der Waals surface area contributed by atoms with Gasteiger partial charge in [-0.05, 0) is 23.1 Å². The van der Waals surface area contributed by atoms with Gasteiger partial charge in [-0.2, -0.15) is 0 Å². The normalized spacial score (nSPS) is 11.0. The highest BCUT2D eigenvalue weighted by atomic mass is 79.9. The van der Waals surface area contributed by atoms with Crippen molar-refractivity contribution in [3.63, 3.8) is 0 Å². The summed E-state index contributed by atoms with van der Waals surface area (Å²) in [6.07, 6.45) is 0. The lowest BCUT2D eigenvalue weighted by molar-refractivity contribution is 0.283. The third-order valence-electron chi connectivity index (χ3n) is 1.84. The van der Waals surface area contributed by atoms with E-state index >= 15 is 0 Å². The molecule has 2 aromatic rings. The summed E-state index contributed by atoms with van der Waals surface area (Å²) in [5.41, 5.74) is 0.657. The predicted molar refractivity (Wildman–Crippen MR) is 55.4 cm³/mol. The first-order valence-corrected chi connectivity index (χ1v) is 5.35. The zero-order valence-corrected chi connectivity index (χ0v) is 8.95. The summed E-state index contributed by atoms with van der Waals surface area (Å²) in [7, 11) is 0. The van der Waals surface area contributed by atoms with Gasteiger partial charge in [0.2, 0.25) is 0 Å². The Kier molecular flexibility index (Phi) is 2.36. The summed E-state index contributed by atoms with van der Waals surface area (Å²) in [6.45, 7) is -0.113. The van der Waals surface area contributed by atoms with Gasteiger partial charge in [0.1, 0.15) is 5.82 Å². The fourth-order valence-corrected chi connectivity index (χ4v) is 2.85. The van der Waals surface area contributed by atoms with Crippen molar-refractivity contribution in [3.05, 3.63) is 33.4 Å². The van der Waals surface area contributed by atoms with E-state index in [0.717, 1.165) is 9.17 Å². The molecule has 4 heteroatoms. The fourth-order valence-electron chi connectivity index (χ4n) is 1.26. The van der Waals surface area contributed by atoms with Gasteiger partial charge in [-0.15, -0.1) is 11.3 Å². The van der Waals surface area contributed by atoms with Crippen LogP contribution in [-0.4, -0.2) is 5.11 Å². The molecule has 0 aliphatic rings. The van der Waals surface area contributed by atoms with Crippen molar-refractivity contribution in [1.82, 2.24) is 0 Å². The van der Waals surface area contributed by atoms with Crippen molar-refractivity contribution in [3.8, 4) is 0 Å². The van der Waals surface area contributed by atoms with Crippen LogP contribution in [0.1, 0.15) is 5.56 Å². The summed E-state index contributed by atoms with van der Waals surface area (Å²) in [6, 6.07) is 3.26. The van der Waals surface area contributed by atoms with Gasteiger partial charge in [0.15, 0.2) is 0 Å². The number of hydrogen-bond acceptors (Lipinski definition) is 2. The maximum absolute atomic E-state index is 13.4. The van der Waals surface area contributed by atoms with E-state index in [0.29, 0.717) is 10.9 Å². The first kappa shape index (κ1) is 9.12. The maximum atomic E-state index is 13.4. The molecule has 0 saturated heterocycles. The summed E-state index contributed by atoms with van der Waals surface area (Å²) in [5, 5.41) is 11.3. The predicted octanol–water partition coefficient (Wildman–Crippen LogP) is 3.30. The second-order valence-electron chi connectivity index (χ2n) is 2.68. The Morgan fingerprint density at radius 3 is 2.92 bits per heavy atom. The van der Waals surface area contributed by atoms with Gasteiger partial charge in [0, 0.05) is 14.6 Å². The highest BCUT2D eigenvalue weighted by Gasteiger charge is 2.09. The fraction of sp³-hybridized carbons (Fsp3) is 0.111. The van der Waals surface area contributed by atoms with Crippen molar-refractivity contribution < 1.29 is 9.50 Å². The van der Waals surface area contributed by atoms with Gasteiger partial charge < -0.3 is 5.11 Å². The summed E-state index contributed by atoms with van der Waals surface area (Å²) >= 11 is 4.66. The average Bonchev–Trinajstić information content (AvgIpc) is 2.47. The molecule has 13 heavy (non-hydrogen) atoms. The van der Waals surface area contributed by atoms with Crippen LogP contribution in [0.25, 0.3) is 10.1 Å². The van der Waals surface area contributed by atoms with Crippen molar-refractivity contribution in [1.29, 1.82) is 0 Å². The zero-order chi connectivity index (χ0) is 9.42. The molecule has 0 unspecified atom stereocenters. The molecule has 1 heterocycles. The quantitative estimate of drug-likeness (QED) is 0.835. The molecule has 2 rings (SSSR count). The number of rotatable bonds is 1. The van der Waals surface area contributed by atoms with Crippen LogP contribution in [0.2, 0.25) is 0 Å². The van der Waals surface area contributed by atoms with Gasteiger partial charge in [0.25, 0.3) is 0 Å². The van der Waals surface area contributed by atoms with E-state index in [-0.39, 0.29) is 12.4 Å². The zero-order valence-electron chi connectivity index (χ0n) is 6.55. The van der Waals surface area contributed by atoms with Gasteiger partial charge in [0.05, 0.1) is 6.61 Å². The highest BCUT2D eigenvalue weighted by molar-refractivity contribution is 9.10. The van der Waals surface area contributed by atoms with Crippen molar-refractivity contribution in [2.24, 2.45) is 0 Å². The lowest BCUT2D eigenvalue weighted by Gasteiger charge is -1.97. The minimum absolute atomic E-state index is 0.113. The standard InChI is InChI=1S/C9H6BrFOS/c10-6-1-7(11)9-5(3-12)4-13-8(9)2-6/h1-2,4,12H,3H2. The Hall–Kier alpha value is -0.450. The number of halogens is 2. The second-order valence-corrected chi connectivity index (χ2v) is 4.51. The second kappa shape index (κ2) is 3.36. The number of aliphatic hydroxyl groups excluding tert-OH is 1. The van der Waals surface area contributed by atoms with E-state index in [1.807, 2.05) is 6.07 Å². The molecule has 0 atom stereocenters. The smallest absolute Gasteiger partial charge is 0.133 e. The summed E-state index contributed by atoms with van der Waals surface area (Å²) < 4.78 is 15.0. The van der Waals surface area contributed by atoms with Crippen LogP contribution in [0.3, 0.4) is 0 Å². The topological polar surface area (TPSA) is 20.2 Å². The molecular formula is C9H6BrFOS. The van der Waals surface area contributed by atoms with Crippen molar-refractivity contribution in [2.45, 2.75) is 6.61 Å². The first-order valence-electron chi connectivity index (χ1n) is 3.68. The van der Waals surface area contributed by atoms with Crippen LogP contribution < -0.4 is 0 Å². The molecule has 1 N–H and O–H groups in total. The molecule has 0 fully saturated rings. The molecule has 0 aliphatic carbocycles. The number of benzene rings is 1. The lowest BCUT2D eigenvalue weighted by Crippen LogP contribution is -1.83. The third-order valence-corrected chi connectivity index (χ3v) is 3.27. The SMILES string of the molecule is OCc1csc2cc(Br)cc(F)c12. The third kappa shape index (κ3) is 1.49. The van der Waals surface area contributed by atoms with Crippen LogP contribution >= 0.6 is 27.3 Å². The minimum Gasteiger partial charge on any atom is -0.392 e. The summed E-state index contributed by atoms with van der Waals surface area (Å²) in [5.74, 6) is -0.283. The largest absolute Gasteiger partial charge is 0.392 e. The molecule has 1 aromatic carbocycles. The number of fused-ring (bicyclic) bond motifs is 1. The number of hydrogen-bond donors (Lipinski definition) is 1. The van der Waals surface area contributed by atoms with Gasteiger partial charge >= 0.3 is 0 Å². The Morgan fingerprint density at radius 2 is 2.23 bits per heavy atom. The van der Waals surface area contributed by atoms with Crippen LogP contribution in [0, 0.1) is 5.82 Å². The summed E-state index contributed by atoms with van der Waals surface area (Å²) in [4.78, 5) is 0. The van der Waals surface area contributed by atoms with E-state index in [1.165, 1.54) is 17.4 Å². The van der Waals surface area contributed by atoms with Crippen LogP contribution in [-0.2, 0) is 6.61 Å². The average molecular weight is 261 g/mol. The monoisotopic (exact) mass is 260 g/mol. The number of aliphatic hydroxyl groups is 1. The lowest BCUT2D eigenvalue weighted by atomic mass is 10.2. The van der Waals surface area contributed by atoms with Crippen LogP contribution in [0.5, 0.6) is 0 Å². The van der Waals surface area contributed by atoms with E-state index < -0.39 is 0 Å². The Balaban J connectivity index is 2.82. The molecule has 0 aliphatic heterocycles. The minimum atomic E-state index is -0.283. The molecule has 0 radical (unpaired) electrons. The van der Waals surface area contributed by atoms with E-state index in [2.05, 4.69) is 15.9 Å². The van der Waals surface area contributed by atoms with E-state index in [9.17, 15) is 4.39 Å². The first-order chi connectivity index (χ1) is 6.22. The highest BCUT2D eigenvalue weighted by Crippen LogP contribution is 2.31. The van der Waals surface area contributed by atoms with Gasteiger partial charge in [-0.25, -0.2) is 4.39 Å². The molecular weight excluding hydrogens is 255 g/mol. The molecule has 0 spiro atoms. The van der Waals surface area contributed by atoms with E-state index in [4.69, 9.17) is 5.11 Å². The van der Waals surface area contributed by atoms with Crippen molar-refractivity contribution in [2.75, 3.05) is 0 Å². The molecule has 0 bridgehead atoms. The van der Waals surface area contributed by atoms with Crippen LogP contribution in [0.15, 0.2) is 22.0 Å². The maximum Gasteiger partial charge on any atom is 0.133 e. The number of thiophene rings is 1. The molecule has 68 valence electrons. The Labute approximate surface area is 86.9 Å². The Bertz CT molecular complexity index is 452. The molecule has 0 amide bonds. The molecule has 1 aromatic heterocycles. The van der Waals surface area contributed by atoms with Crippen molar-refractivity contribution >= 4 is 37.4 Å². The van der Waals surface area contributed by atoms with Crippen LogP contribution in [0.4, 0.5) is 4.39 Å². The molecule has 0 saturated carbocycles. The van der Waals surface area contributed by atoms with Gasteiger partial charge in [-0.3, -0.25) is 0 Å². The van der Waals surface area contributed by atoms with Gasteiger partial charge in [-0.1, -0.05) is 15.9 Å². The Morgan fingerprint density at radius 1 is 1.46 bits per heavy atom. The van der Waals surface area contributed by atoms with E-state index in [1.54, 1.807) is 5.38 Å². The molecule has 1 nitrogen and oxygen atoms in total.